The molecule has 23 heavy (non-hydrogen) atoms. The van der Waals surface area contributed by atoms with E-state index in [1.165, 1.54) is 5.52 Å². The van der Waals surface area contributed by atoms with Gasteiger partial charge in [0.2, 0.25) is 11.9 Å². The summed E-state index contributed by atoms with van der Waals surface area (Å²) in [5.41, 5.74) is 2.19. The Labute approximate surface area is 137 Å². The third kappa shape index (κ3) is 3.19. The highest BCUT2D eigenvalue weighted by atomic mass is 16.2. The van der Waals surface area contributed by atoms with Crippen molar-refractivity contribution in [2.24, 2.45) is 5.92 Å². The van der Waals surface area contributed by atoms with Crippen LogP contribution in [0.15, 0.2) is 24.3 Å². The molecule has 1 aliphatic heterocycles. The molecular weight excluding hydrogens is 288 g/mol. The molecule has 2 aromatic rings. The van der Waals surface area contributed by atoms with E-state index in [4.69, 9.17) is 4.98 Å². The number of aromatic nitrogens is 2. The summed E-state index contributed by atoms with van der Waals surface area (Å²) in [6.07, 6.45) is 1.99. The van der Waals surface area contributed by atoms with Crippen LogP contribution in [0, 0.1) is 5.92 Å². The smallest absolute Gasteiger partial charge is 0.225 e. The number of aryl methyl sites for hydroxylation is 1. The van der Waals surface area contributed by atoms with E-state index in [9.17, 15) is 4.79 Å². The summed E-state index contributed by atoms with van der Waals surface area (Å²) in [6, 6.07) is 8.43. The van der Waals surface area contributed by atoms with Gasteiger partial charge < -0.3 is 14.8 Å². The van der Waals surface area contributed by atoms with Gasteiger partial charge in [0.15, 0.2) is 0 Å². The summed E-state index contributed by atoms with van der Waals surface area (Å²) >= 11 is 0. The van der Waals surface area contributed by atoms with Gasteiger partial charge in [0.25, 0.3) is 0 Å². The lowest BCUT2D eigenvalue weighted by molar-refractivity contribution is -0.125. The number of imidazole rings is 1. The van der Waals surface area contributed by atoms with Gasteiger partial charge in [0.1, 0.15) is 0 Å². The maximum absolute atomic E-state index is 12.3. The highest BCUT2D eigenvalue weighted by molar-refractivity contribution is 5.81. The molecule has 1 N–H and O–H groups in total. The van der Waals surface area contributed by atoms with Crippen molar-refractivity contribution in [1.29, 1.82) is 0 Å². The van der Waals surface area contributed by atoms with Crippen LogP contribution in [0.3, 0.4) is 0 Å². The zero-order chi connectivity index (χ0) is 16.4. The van der Waals surface area contributed by atoms with E-state index in [1.807, 2.05) is 19.9 Å². The van der Waals surface area contributed by atoms with Crippen molar-refractivity contribution in [3.05, 3.63) is 24.3 Å². The number of carbonyl (C=O) groups is 1. The molecule has 1 atom stereocenters. The number of fused-ring (bicyclic) bond motifs is 1. The fraction of sp³-hybridized carbons (Fsp3) is 0.556. The Hall–Kier alpha value is -2.04. The fourth-order valence-electron chi connectivity index (χ4n) is 3.39. The van der Waals surface area contributed by atoms with E-state index >= 15 is 0 Å². The Kier molecular flexibility index (Phi) is 4.55. The molecule has 0 radical (unpaired) electrons. The number of anilines is 1. The van der Waals surface area contributed by atoms with Crippen molar-refractivity contribution >= 4 is 22.9 Å². The first-order valence-corrected chi connectivity index (χ1v) is 8.60. The zero-order valence-electron chi connectivity index (χ0n) is 14.2. The number of nitrogens with one attached hydrogen (secondary N) is 1. The molecule has 5 nitrogen and oxygen atoms in total. The number of amides is 1. The average molecular weight is 314 g/mol. The van der Waals surface area contributed by atoms with E-state index in [0.717, 1.165) is 43.9 Å². The van der Waals surface area contributed by atoms with Crippen LogP contribution >= 0.6 is 0 Å². The third-order valence-corrected chi connectivity index (χ3v) is 4.46. The summed E-state index contributed by atoms with van der Waals surface area (Å²) in [7, 11) is 0. The lowest BCUT2D eigenvalue weighted by Gasteiger charge is -2.33. The lowest BCUT2D eigenvalue weighted by atomic mass is 9.97. The van der Waals surface area contributed by atoms with Crippen molar-refractivity contribution < 1.29 is 4.79 Å². The SMILES string of the molecule is CCn1c(N2CCCC(C(=O)NC(C)C)C2)nc2ccccc21. The van der Waals surface area contributed by atoms with Crippen LogP contribution in [0.5, 0.6) is 0 Å². The van der Waals surface area contributed by atoms with Crippen LogP contribution in [-0.4, -0.2) is 34.6 Å². The van der Waals surface area contributed by atoms with E-state index in [1.54, 1.807) is 0 Å². The first-order valence-electron chi connectivity index (χ1n) is 8.60. The maximum Gasteiger partial charge on any atom is 0.225 e. The molecule has 1 aliphatic rings. The number of para-hydroxylation sites is 2. The fourth-order valence-corrected chi connectivity index (χ4v) is 3.39. The van der Waals surface area contributed by atoms with E-state index in [0.29, 0.717) is 0 Å². The normalized spacial score (nSPS) is 18.6. The molecule has 5 heteroatoms. The molecule has 1 amide bonds. The summed E-state index contributed by atoms with van der Waals surface area (Å²) in [6.45, 7) is 8.76. The first kappa shape index (κ1) is 15.8. The van der Waals surface area contributed by atoms with Gasteiger partial charge in [-0.15, -0.1) is 0 Å². The van der Waals surface area contributed by atoms with E-state index in [-0.39, 0.29) is 17.9 Å². The van der Waals surface area contributed by atoms with Crippen LogP contribution in [-0.2, 0) is 11.3 Å². The topological polar surface area (TPSA) is 50.2 Å². The number of hydrogen-bond donors (Lipinski definition) is 1. The van der Waals surface area contributed by atoms with Gasteiger partial charge in [0, 0.05) is 25.7 Å². The Morgan fingerprint density at radius 2 is 2.17 bits per heavy atom. The molecule has 0 saturated carbocycles. The van der Waals surface area contributed by atoms with Gasteiger partial charge in [-0.05, 0) is 45.7 Å². The van der Waals surface area contributed by atoms with Crippen molar-refractivity contribution in [2.45, 2.75) is 46.2 Å². The molecule has 2 heterocycles. The molecule has 1 aromatic heterocycles. The van der Waals surface area contributed by atoms with Gasteiger partial charge in [-0.1, -0.05) is 12.1 Å². The van der Waals surface area contributed by atoms with Crippen molar-refractivity contribution in [3.8, 4) is 0 Å². The molecule has 124 valence electrons. The molecule has 1 fully saturated rings. The number of hydrogen-bond acceptors (Lipinski definition) is 3. The molecule has 1 saturated heterocycles. The summed E-state index contributed by atoms with van der Waals surface area (Å²) in [5, 5.41) is 3.05. The molecule has 0 bridgehead atoms. The maximum atomic E-state index is 12.3. The van der Waals surface area contributed by atoms with Gasteiger partial charge in [-0.2, -0.15) is 0 Å². The van der Waals surface area contributed by atoms with Crippen molar-refractivity contribution in [2.75, 3.05) is 18.0 Å². The summed E-state index contributed by atoms with van der Waals surface area (Å²) in [4.78, 5) is 19.4. The summed E-state index contributed by atoms with van der Waals surface area (Å²) < 4.78 is 2.25. The Morgan fingerprint density at radius 1 is 1.39 bits per heavy atom. The number of rotatable bonds is 4. The number of nitrogens with zero attached hydrogens (tertiary/aromatic N) is 3. The molecule has 1 aromatic carbocycles. The van der Waals surface area contributed by atoms with Gasteiger partial charge in [-0.3, -0.25) is 4.79 Å². The quantitative estimate of drug-likeness (QED) is 0.944. The van der Waals surface area contributed by atoms with Crippen molar-refractivity contribution in [1.82, 2.24) is 14.9 Å². The van der Waals surface area contributed by atoms with Crippen molar-refractivity contribution in [3.63, 3.8) is 0 Å². The predicted octanol–water partition coefficient (Wildman–Crippen LogP) is 2.80. The number of piperidine rings is 1. The first-order chi connectivity index (χ1) is 11.1. The Morgan fingerprint density at radius 3 is 2.91 bits per heavy atom. The minimum Gasteiger partial charge on any atom is -0.354 e. The second-order valence-electron chi connectivity index (χ2n) is 6.59. The van der Waals surface area contributed by atoms with Crippen LogP contribution in [0.25, 0.3) is 11.0 Å². The number of benzene rings is 1. The Balaban J connectivity index is 1.85. The van der Waals surface area contributed by atoms with E-state index < -0.39 is 0 Å². The highest BCUT2D eigenvalue weighted by Gasteiger charge is 2.28. The zero-order valence-corrected chi connectivity index (χ0v) is 14.2. The molecule has 0 spiro atoms. The monoisotopic (exact) mass is 314 g/mol. The second-order valence-corrected chi connectivity index (χ2v) is 6.59. The lowest BCUT2D eigenvalue weighted by Crippen LogP contribution is -2.45. The van der Waals surface area contributed by atoms with Gasteiger partial charge >= 0.3 is 0 Å². The molecule has 3 rings (SSSR count). The standard InChI is InChI=1S/C18H26N4O/c1-4-22-16-10-6-5-9-15(16)20-18(22)21-11-7-8-14(12-21)17(23)19-13(2)3/h5-6,9-10,13-14H,4,7-8,11-12H2,1-3H3,(H,19,23). The third-order valence-electron chi connectivity index (χ3n) is 4.46. The minimum atomic E-state index is 0.0521. The number of carbonyl (C=O) groups excluding carboxylic acids is 1. The summed E-state index contributed by atoms with van der Waals surface area (Å²) in [5.74, 6) is 1.22. The van der Waals surface area contributed by atoms with Crippen LogP contribution < -0.4 is 10.2 Å². The highest BCUT2D eigenvalue weighted by Crippen LogP contribution is 2.27. The molecular formula is C18H26N4O. The van der Waals surface area contributed by atoms with E-state index in [2.05, 4.69) is 39.9 Å². The Bertz CT molecular complexity index is 691. The average Bonchev–Trinajstić information content (AvgIpc) is 2.93. The van der Waals surface area contributed by atoms with Crippen LogP contribution in [0.1, 0.15) is 33.6 Å². The largest absolute Gasteiger partial charge is 0.354 e. The predicted molar refractivity (Wildman–Crippen MR) is 93.6 cm³/mol. The second kappa shape index (κ2) is 6.60. The van der Waals surface area contributed by atoms with Gasteiger partial charge in [0.05, 0.1) is 17.0 Å². The van der Waals surface area contributed by atoms with Crippen LogP contribution in [0.2, 0.25) is 0 Å². The molecule has 1 unspecified atom stereocenters. The van der Waals surface area contributed by atoms with Gasteiger partial charge in [-0.25, -0.2) is 4.98 Å². The molecule has 0 aliphatic carbocycles. The minimum absolute atomic E-state index is 0.0521. The van der Waals surface area contributed by atoms with Crippen LogP contribution in [0.4, 0.5) is 5.95 Å².